The molecule has 6 heterocycles. The van der Waals surface area contributed by atoms with E-state index in [-0.39, 0.29) is 178 Å². The molecule has 1 aliphatic carbocycles. The fraction of sp³-hybridized carbons (Fsp3) is 0.160. The Morgan fingerprint density at radius 3 is 0.951 bits per heavy atom. The van der Waals surface area contributed by atoms with Crippen molar-refractivity contribution in [3.8, 4) is 0 Å². The van der Waals surface area contributed by atoms with Gasteiger partial charge < -0.3 is 0 Å². The Morgan fingerprint density at radius 2 is 0.607 bits per heavy atom. The number of fused-ring (bicyclic) bond motifs is 7. The van der Waals surface area contributed by atoms with Crippen LogP contribution in [0.5, 0.6) is 0 Å². The van der Waals surface area contributed by atoms with Crippen LogP contribution in [0.1, 0.15) is 207 Å². The van der Waals surface area contributed by atoms with Gasteiger partial charge in [-0.2, -0.15) is 199 Å². The number of amides is 12. The van der Waals surface area contributed by atoms with Gasteiger partial charge in [0.05, 0.1) is 5.69 Å². The van der Waals surface area contributed by atoms with Crippen LogP contribution in [0, 0.1) is 83.1 Å². The molecule has 12 aromatic rings. The quantitative estimate of drug-likeness (QED) is 0.116. The van der Waals surface area contributed by atoms with Crippen molar-refractivity contribution in [3.63, 3.8) is 0 Å². The van der Waals surface area contributed by atoms with Crippen LogP contribution in [0.3, 0.4) is 0 Å². The SMILES string of the molecule is CN1C(=O)c2c[c-]ccc2C1=O.CN1C(=O)c2c[c-]ccc2C1=O.CN1C(=O)c2c[c-]ccc2C1=O.CN1C(=O)c2c[c-]ccc2C1=O.Cc1[c-]ccc(C)c1.Cc1[c-]ccc(N2C(=O)c3c[c-]ccc3C2=O)c1.Cc1ccc(C2(C)CC(C)(C)c3ccccc32)cc1.Cc1cccc(Cc2cccc(N3C(=O)c4c[c-]ccc4C3=O)c2)c1.[W+2].[W+2].[W+2].[Y]. The molecule has 22 heteroatoms. The van der Waals surface area contributed by atoms with Gasteiger partial charge in [0.15, 0.2) is 0 Å². The maximum atomic E-state index is 12.6. The fourth-order valence-corrected chi connectivity index (χ4v) is 14.8. The molecule has 0 aromatic heterocycles. The van der Waals surface area contributed by atoms with E-state index in [1.807, 2.05) is 50.2 Å². The van der Waals surface area contributed by atoms with Crippen molar-refractivity contribution in [2.24, 2.45) is 0 Å². The van der Waals surface area contributed by atoms with Gasteiger partial charge in [-0.25, -0.2) is 0 Å². The summed E-state index contributed by atoms with van der Waals surface area (Å²) in [6.45, 7) is 17.3. The summed E-state index contributed by atoms with van der Waals surface area (Å²) in [4.78, 5) is 147. The van der Waals surface area contributed by atoms with Crippen molar-refractivity contribution in [1.29, 1.82) is 0 Å². The average molecular weight is 2200 g/mol. The molecule has 6 aliphatic heterocycles. The minimum absolute atomic E-state index is 0. The molecule has 1 atom stereocenters. The maximum absolute atomic E-state index is 12.6. The second-order valence-electron chi connectivity index (χ2n) is 29.8. The van der Waals surface area contributed by atoms with Crippen LogP contribution in [0.15, 0.2) is 243 Å². The van der Waals surface area contributed by atoms with Gasteiger partial charge in [0.1, 0.15) is 0 Å². The summed E-state index contributed by atoms with van der Waals surface area (Å²) in [7, 11) is 5.91. The Morgan fingerprint density at radius 1 is 0.295 bits per heavy atom. The van der Waals surface area contributed by atoms with Crippen molar-refractivity contribution in [3.05, 3.63) is 414 Å². The van der Waals surface area contributed by atoms with Gasteiger partial charge >= 0.3 is 63.2 Å². The van der Waals surface area contributed by atoms with E-state index in [2.05, 4.69) is 163 Å². The zero-order valence-electron chi connectivity index (χ0n) is 68.9. The summed E-state index contributed by atoms with van der Waals surface area (Å²) in [5.41, 5.74) is 19.7. The van der Waals surface area contributed by atoms with Crippen LogP contribution in [0.4, 0.5) is 11.4 Å². The third-order valence-corrected chi connectivity index (χ3v) is 20.9. The van der Waals surface area contributed by atoms with Crippen LogP contribution in [0.2, 0.25) is 0 Å². The van der Waals surface area contributed by atoms with Crippen LogP contribution in [-0.4, -0.2) is 119 Å². The molecule has 18 nitrogen and oxygen atoms in total. The van der Waals surface area contributed by atoms with Crippen LogP contribution in [0.25, 0.3) is 0 Å². The van der Waals surface area contributed by atoms with Gasteiger partial charge in [-0.15, -0.1) is 12.1 Å². The number of carbonyl (C=O) groups excluding carboxylic acids is 12. The number of imide groups is 6. The maximum Gasteiger partial charge on any atom is 2.00 e. The van der Waals surface area contributed by atoms with E-state index < -0.39 is 0 Å². The van der Waals surface area contributed by atoms with Gasteiger partial charge in [-0.3, -0.25) is 86.9 Å². The summed E-state index contributed by atoms with van der Waals surface area (Å²) < 4.78 is 0. The second kappa shape index (κ2) is 41.5. The topological polar surface area (TPSA) is 224 Å². The molecule has 7 aliphatic rings. The van der Waals surface area contributed by atoms with Crippen molar-refractivity contribution < 1.29 is 153 Å². The van der Waals surface area contributed by atoms with Gasteiger partial charge in [0.25, 0.3) is 0 Å². The van der Waals surface area contributed by atoms with E-state index in [9.17, 15) is 57.5 Å². The predicted octanol–water partition coefficient (Wildman–Crippen LogP) is 16.5. The molecular weight excluding hydrogens is 2120 g/mol. The van der Waals surface area contributed by atoms with Gasteiger partial charge in [-0.05, 0) is 72.1 Å². The normalized spacial score (nSPS) is 15.1. The first kappa shape index (κ1) is 96.1. The summed E-state index contributed by atoms with van der Waals surface area (Å²) in [6.07, 6.45) is 1.94. The molecule has 19 rings (SSSR count). The van der Waals surface area contributed by atoms with E-state index in [4.69, 9.17) is 0 Å². The summed E-state index contributed by atoms with van der Waals surface area (Å²) in [6, 6.07) is 96.8. The first-order valence-corrected chi connectivity index (χ1v) is 37.7. The number of aryl methyl sites for hydroxylation is 5. The average Bonchev–Trinajstić information content (AvgIpc) is 1.58. The molecule has 0 spiro atoms. The predicted molar refractivity (Wildman–Crippen MR) is 447 cm³/mol. The van der Waals surface area contributed by atoms with Crippen molar-refractivity contribution in [2.45, 2.75) is 79.1 Å². The zero-order chi connectivity index (χ0) is 84.6. The first-order chi connectivity index (χ1) is 56.4. The molecule has 12 aromatic carbocycles. The van der Waals surface area contributed by atoms with Gasteiger partial charge in [-0.1, -0.05) is 210 Å². The van der Waals surface area contributed by atoms with Crippen LogP contribution in [-0.2, 0) is 113 Å². The number of benzene rings is 12. The largest absolute Gasteiger partial charge is 2.00 e. The van der Waals surface area contributed by atoms with Crippen LogP contribution < -0.4 is 9.80 Å². The smallest absolute Gasteiger partial charge is 0.290 e. The Bertz CT molecular complexity index is 5550. The van der Waals surface area contributed by atoms with E-state index in [1.54, 1.807) is 133 Å². The Hall–Kier alpha value is -11.4. The molecule has 0 bridgehead atoms. The second-order valence-corrected chi connectivity index (χ2v) is 29.8. The molecule has 0 N–H and O–H groups in total. The molecule has 1 unspecified atom stereocenters. The zero-order valence-corrected chi connectivity index (χ0v) is 80.5. The molecule has 0 fully saturated rings. The fourth-order valence-electron chi connectivity index (χ4n) is 14.8. The molecule has 122 heavy (non-hydrogen) atoms. The van der Waals surface area contributed by atoms with Crippen molar-refractivity contribution in [2.75, 3.05) is 38.0 Å². The van der Waals surface area contributed by atoms with Gasteiger partial charge in [0, 0.05) is 66.3 Å². The van der Waals surface area contributed by atoms with E-state index in [0.29, 0.717) is 78.1 Å². The van der Waals surface area contributed by atoms with Gasteiger partial charge in [0.2, 0.25) is 70.9 Å². The molecular formula is C100H80N6O12W3Y-2. The monoisotopic (exact) mass is 2200 g/mol. The Kier molecular flexibility index (Phi) is 32.7. The number of rotatable bonds is 5. The summed E-state index contributed by atoms with van der Waals surface area (Å²) in [5, 5.41) is 0. The molecule has 0 saturated carbocycles. The Labute approximate surface area is 778 Å². The molecule has 0 saturated heterocycles. The minimum atomic E-state index is -0.294. The number of hydrogen-bond donors (Lipinski definition) is 0. The number of carbonyl (C=O) groups is 12. The Balaban J connectivity index is 0.000000176. The van der Waals surface area contributed by atoms with E-state index in [1.165, 1.54) is 88.9 Å². The van der Waals surface area contributed by atoms with Crippen molar-refractivity contribution in [1.82, 2.24) is 19.6 Å². The first-order valence-electron chi connectivity index (χ1n) is 37.7. The number of nitrogens with zero attached hydrogens (tertiary/aromatic N) is 6. The van der Waals surface area contributed by atoms with Crippen LogP contribution >= 0.6 is 0 Å². The van der Waals surface area contributed by atoms with E-state index in [0.717, 1.165) is 37.1 Å². The van der Waals surface area contributed by atoms with Crippen molar-refractivity contribution >= 4 is 82.3 Å². The molecule has 12 amide bonds. The summed E-state index contributed by atoms with van der Waals surface area (Å²) >= 11 is 0. The number of hydrogen-bond acceptors (Lipinski definition) is 12. The minimum Gasteiger partial charge on any atom is -0.290 e. The standard InChI is InChI=1S/C22H16NO2.C19H22.C15H9NO2.4C9H6NO2.C8H9.3W.Y/c1-15-6-4-7-16(12-15)13-17-8-5-9-18(14-17)23-21(24)19-10-2-3-11-20(19)22(23)25;1-14-9-11-15(12-10-14)19(4)13-18(2,3)16-7-5-6-8-17(16)19;1-10-5-4-6-11(9-10)16-14(17)12-7-2-3-8-13(12)15(16)18;4*1-10-8(11)6-4-2-3-5-7(6)9(10)12;1-7-4-3-5-8(2)6-7;;;;/h2,4-12,14H,13H2,1H3;5-12H,13H2,1-4H3;2,4,6-9H,1H3;4*2,4-5H,1H3;3-4,6H,1-2H3;;;;/q-1;;-2;5*-1;3*+2;. The third-order valence-electron chi connectivity index (χ3n) is 20.9. The summed E-state index contributed by atoms with van der Waals surface area (Å²) in [5.74, 6) is -3.04. The van der Waals surface area contributed by atoms with E-state index >= 15 is 0 Å². The molecule has 1 radical (unpaired) electrons. The molecule has 605 valence electrons. The number of anilines is 2. The third kappa shape index (κ3) is 20.5.